The van der Waals surface area contributed by atoms with Crippen molar-refractivity contribution in [1.82, 2.24) is 0 Å². The molecule has 0 bridgehead atoms. The van der Waals surface area contributed by atoms with Crippen molar-refractivity contribution in [2.24, 2.45) is 11.7 Å². The van der Waals surface area contributed by atoms with Gasteiger partial charge in [-0.05, 0) is 38.0 Å². The van der Waals surface area contributed by atoms with E-state index < -0.39 is 0 Å². The Hall–Kier alpha value is -0.0800. The first kappa shape index (κ1) is 12.4. The molecule has 2 atom stereocenters. The van der Waals surface area contributed by atoms with Crippen molar-refractivity contribution in [3.05, 3.63) is 0 Å². The molecule has 0 aromatic heterocycles. The smallest absolute Gasteiger partial charge is 0.0687 e. The highest BCUT2D eigenvalue weighted by atomic mass is 16.5. The van der Waals surface area contributed by atoms with E-state index in [1.165, 1.54) is 44.9 Å². The van der Waals surface area contributed by atoms with Gasteiger partial charge in [0.15, 0.2) is 0 Å². The second kappa shape index (κ2) is 5.05. The fourth-order valence-electron chi connectivity index (χ4n) is 3.20. The largest absolute Gasteiger partial charge is 0.372 e. The summed E-state index contributed by atoms with van der Waals surface area (Å²) in [5.41, 5.74) is 6.40. The Morgan fingerprint density at radius 3 is 2.50 bits per heavy atom. The molecule has 1 aliphatic heterocycles. The molecule has 1 saturated heterocycles. The van der Waals surface area contributed by atoms with E-state index in [2.05, 4.69) is 13.8 Å². The first-order valence-electron chi connectivity index (χ1n) is 7.05. The Bertz CT molecular complexity index is 221. The zero-order valence-corrected chi connectivity index (χ0v) is 10.9. The van der Waals surface area contributed by atoms with Gasteiger partial charge in [0, 0.05) is 6.04 Å². The van der Waals surface area contributed by atoms with Gasteiger partial charge in [-0.25, -0.2) is 0 Å². The van der Waals surface area contributed by atoms with E-state index in [4.69, 9.17) is 10.5 Å². The molecule has 1 heterocycles. The van der Waals surface area contributed by atoms with Gasteiger partial charge in [-0.15, -0.1) is 0 Å². The minimum Gasteiger partial charge on any atom is -0.372 e. The van der Waals surface area contributed by atoms with Gasteiger partial charge in [0.1, 0.15) is 0 Å². The van der Waals surface area contributed by atoms with Gasteiger partial charge in [0.2, 0.25) is 0 Å². The summed E-state index contributed by atoms with van der Waals surface area (Å²) < 4.78 is 6.33. The van der Waals surface area contributed by atoms with E-state index in [1.807, 2.05) is 0 Å². The highest BCUT2D eigenvalue weighted by molar-refractivity contribution is 4.92. The topological polar surface area (TPSA) is 35.2 Å². The summed E-state index contributed by atoms with van der Waals surface area (Å²) in [5.74, 6) is 0.575. The fraction of sp³-hybridized carbons (Fsp3) is 1.00. The van der Waals surface area contributed by atoms with Crippen LogP contribution in [0.15, 0.2) is 0 Å². The standard InChI is InChI=1S/C14H27NO/c1-11(2)13(15)10-12-6-9-14(16-12)7-4-3-5-8-14/h11-13H,3-10,15H2,1-2H3. The van der Waals surface area contributed by atoms with Crippen molar-refractivity contribution in [2.45, 2.75) is 83.0 Å². The van der Waals surface area contributed by atoms with E-state index in [0.717, 1.165) is 6.42 Å². The van der Waals surface area contributed by atoms with Crippen molar-refractivity contribution in [1.29, 1.82) is 0 Å². The zero-order chi connectivity index (χ0) is 11.6. The average molecular weight is 225 g/mol. The monoisotopic (exact) mass is 225 g/mol. The highest BCUT2D eigenvalue weighted by Gasteiger charge is 2.41. The molecule has 0 aromatic rings. The van der Waals surface area contributed by atoms with Crippen LogP contribution in [-0.4, -0.2) is 17.7 Å². The van der Waals surface area contributed by atoms with Gasteiger partial charge in [-0.2, -0.15) is 0 Å². The molecule has 0 aromatic carbocycles. The molecule has 1 saturated carbocycles. The quantitative estimate of drug-likeness (QED) is 0.800. The molecular formula is C14H27NO. The fourth-order valence-corrected chi connectivity index (χ4v) is 3.20. The average Bonchev–Trinajstić information content (AvgIpc) is 2.62. The molecule has 1 spiro atoms. The molecule has 0 amide bonds. The van der Waals surface area contributed by atoms with E-state index in [1.54, 1.807) is 0 Å². The third kappa shape index (κ3) is 2.78. The lowest BCUT2D eigenvalue weighted by Gasteiger charge is -2.33. The van der Waals surface area contributed by atoms with Crippen LogP contribution in [-0.2, 0) is 4.74 Å². The summed E-state index contributed by atoms with van der Waals surface area (Å²) in [6.45, 7) is 4.41. The minimum absolute atomic E-state index is 0.264. The lowest BCUT2D eigenvalue weighted by atomic mass is 9.83. The number of nitrogens with two attached hydrogens (primary N) is 1. The van der Waals surface area contributed by atoms with E-state index in [9.17, 15) is 0 Å². The number of rotatable bonds is 3. The Morgan fingerprint density at radius 1 is 1.19 bits per heavy atom. The van der Waals surface area contributed by atoms with E-state index in [-0.39, 0.29) is 5.60 Å². The molecule has 2 unspecified atom stereocenters. The van der Waals surface area contributed by atoms with Crippen LogP contribution in [0.25, 0.3) is 0 Å². The molecule has 2 nitrogen and oxygen atoms in total. The van der Waals surface area contributed by atoms with Crippen LogP contribution in [0.5, 0.6) is 0 Å². The molecule has 1 aliphatic carbocycles. The molecule has 16 heavy (non-hydrogen) atoms. The summed E-state index contributed by atoms with van der Waals surface area (Å²) in [6, 6.07) is 0.309. The maximum Gasteiger partial charge on any atom is 0.0687 e. The molecular weight excluding hydrogens is 198 g/mol. The SMILES string of the molecule is CC(C)C(N)CC1CCC2(CCCCC2)O1. The maximum absolute atomic E-state index is 6.33. The van der Waals surface area contributed by atoms with Crippen molar-refractivity contribution in [2.75, 3.05) is 0 Å². The first-order valence-corrected chi connectivity index (χ1v) is 7.05. The van der Waals surface area contributed by atoms with Gasteiger partial charge < -0.3 is 10.5 Å². The van der Waals surface area contributed by atoms with Crippen LogP contribution in [0.1, 0.15) is 65.2 Å². The summed E-state index contributed by atoms with van der Waals surface area (Å²) >= 11 is 0. The Balaban J connectivity index is 1.83. The Morgan fingerprint density at radius 2 is 1.88 bits per heavy atom. The molecule has 2 heteroatoms. The molecule has 94 valence electrons. The lowest BCUT2D eigenvalue weighted by Crippen LogP contribution is -2.35. The lowest BCUT2D eigenvalue weighted by molar-refractivity contribution is -0.0681. The summed E-state index contributed by atoms with van der Waals surface area (Å²) in [5, 5.41) is 0. The summed E-state index contributed by atoms with van der Waals surface area (Å²) in [6.07, 6.45) is 10.7. The normalized spacial score (nSPS) is 31.1. The van der Waals surface area contributed by atoms with Crippen molar-refractivity contribution in [3.8, 4) is 0 Å². The predicted molar refractivity (Wildman–Crippen MR) is 67.4 cm³/mol. The van der Waals surface area contributed by atoms with E-state index in [0.29, 0.717) is 18.1 Å². The molecule has 2 N–H and O–H groups in total. The van der Waals surface area contributed by atoms with Crippen LogP contribution in [0.4, 0.5) is 0 Å². The maximum atomic E-state index is 6.33. The molecule has 2 fully saturated rings. The van der Waals surface area contributed by atoms with Gasteiger partial charge >= 0.3 is 0 Å². The second-order valence-electron chi connectivity index (χ2n) is 6.17. The third-order valence-corrected chi connectivity index (χ3v) is 4.49. The zero-order valence-electron chi connectivity index (χ0n) is 10.9. The van der Waals surface area contributed by atoms with Gasteiger partial charge in [0.25, 0.3) is 0 Å². The van der Waals surface area contributed by atoms with Crippen molar-refractivity contribution >= 4 is 0 Å². The number of hydrogen-bond acceptors (Lipinski definition) is 2. The van der Waals surface area contributed by atoms with Gasteiger partial charge in [0.05, 0.1) is 11.7 Å². The minimum atomic E-state index is 0.264. The van der Waals surface area contributed by atoms with Gasteiger partial charge in [-0.1, -0.05) is 33.1 Å². The van der Waals surface area contributed by atoms with Crippen LogP contribution < -0.4 is 5.73 Å². The highest BCUT2D eigenvalue weighted by Crippen LogP contribution is 2.42. The van der Waals surface area contributed by atoms with Crippen molar-refractivity contribution < 1.29 is 4.74 Å². The molecule has 0 radical (unpaired) electrons. The molecule has 2 aliphatic rings. The van der Waals surface area contributed by atoms with Gasteiger partial charge in [-0.3, -0.25) is 0 Å². The van der Waals surface area contributed by atoms with Crippen molar-refractivity contribution in [3.63, 3.8) is 0 Å². The third-order valence-electron chi connectivity index (χ3n) is 4.49. The summed E-state index contributed by atoms with van der Waals surface area (Å²) in [7, 11) is 0. The van der Waals surface area contributed by atoms with Crippen LogP contribution in [0, 0.1) is 5.92 Å². The van der Waals surface area contributed by atoms with E-state index >= 15 is 0 Å². The summed E-state index contributed by atoms with van der Waals surface area (Å²) in [4.78, 5) is 0. The second-order valence-corrected chi connectivity index (χ2v) is 6.17. The van der Waals surface area contributed by atoms with Crippen LogP contribution in [0.2, 0.25) is 0 Å². The first-order chi connectivity index (χ1) is 7.61. The van der Waals surface area contributed by atoms with Crippen LogP contribution >= 0.6 is 0 Å². The predicted octanol–water partition coefficient (Wildman–Crippen LogP) is 3.24. The van der Waals surface area contributed by atoms with Crippen LogP contribution in [0.3, 0.4) is 0 Å². The number of ether oxygens (including phenoxy) is 1. The Kier molecular flexibility index (Phi) is 3.91. The Labute approximate surface area is 99.9 Å². The number of hydrogen-bond donors (Lipinski definition) is 1. The molecule has 2 rings (SSSR count).